The second-order valence-electron chi connectivity index (χ2n) is 6.07. The van der Waals surface area contributed by atoms with Crippen LogP contribution in [0.3, 0.4) is 0 Å². The Morgan fingerprint density at radius 2 is 1.74 bits per heavy atom. The Morgan fingerprint density at radius 1 is 1.07 bits per heavy atom. The van der Waals surface area contributed by atoms with Crippen LogP contribution in [0, 0.1) is 0 Å². The Morgan fingerprint density at radius 3 is 2.37 bits per heavy atom. The summed E-state index contributed by atoms with van der Waals surface area (Å²) in [6.07, 6.45) is 4.76. The molecule has 0 atom stereocenters. The first-order chi connectivity index (χ1) is 13.0. The fourth-order valence-corrected chi connectivity index (χ4v) is 2.41. The van der Waals surface area contributed by atoms with E-state index in [4.69, 9.17) is 0 Å². The lowest BCUT2D eigenvalue weighted by atomic mass is 10.1. The molecule has 0 fully saturated rings. The highest BCUT2D eigenvalue weighted by molar-refractivity contribution is 6.06. The van der Waals surface area contributed by atoms with Gasteiger partial charge in [-0.2, -0.15) is 0 Å². The van der Waals surface area contributed by atoms with E-state index in [1.54, 1.807) is 36.2 Å². The van der Waals surface area contributed by atoms with Crippen molar-refractivity contribution in [2.24, 2.45) is 0 Å². The van der Waals surface area contributed by atoms with Crippen molar-refractivity contribution < 1.29 is 19.1 Å². The molecule has 0 radical (unpaired) electrons. The summed E-state index contributed by atoms with van der Waals surface area (Å²) in [5.41, 5.74) is 1.55. The van der Waals surface area contributed by atoms with Crippen LogP contribution in [0.5, 0.6) is 0 Å². The highest BCUT2D eigenvalue weighted by Crippen LogP contribution is 2.13. The third-order valence-corrected chi connectivity index (χ3v) is 4.01. The molecule has 0 aliphatic carbocycles. The van der Waals surface area contributed by atoms with Gasteiger partial charge in [-0.25, -0.2) is 4.79 Å². The van der Waals surface area contributed by atoms with Gasteiger partial charge in [-0.15, -0.1) is 0 Å². The Hall–Kier alpha value is -3.22. The largest absolute Gasteiger partial charge is 0.465 e. The zero-order valence-corrected chi connectivity index (χ0v) is 15.7. The number of amides is 2. The monoisotopic (exact) mass is 369 g/mol. The van der Waals surface area contributed by atoms with Gasteiger partial charge in [-0.05, 0) is 36.8 Å². The molecule has 0 aliphatic rings. The van der Waals surface area contributed by atoms with Crippen molar-refractivity contribution >= 4 is 23.5 Å². The second-order valence-corrected chi connectivity index (χ2v) is 6.07. The van der Waals surface area contributed by atoms with E-state index in [1.807, 2.05) is 0 Å². The van der Waals surface area contributed by atoms with Crippen LogP contribution in [0.2, 0.25) is 0 Å². The zero-order valence-electron chi connectivity index (χ0n) is 15.7. The average molecular weight is 369 g/mol. The molecule has 2 amide bonds. The van der Waals surface area contributed by atoms with Crippen LogP contribution in [-0.4, -0.2) is 48.4 Å². The lowest BCUT2D eigenvalue weighted by Crippen LogP contribution is -2.28. The van der Waals surface area contributed by atoms with Gasteiger partial charge in [-0.3, -0.25) is 14.6 Å². The van der Waals surface area contributed by atoms with E-state index in [9.17, 15) is 14.4 Å². The molecule has 0 aliphatic heterocycles. The number of nitrogens with one attached hydrogen (secondary N) is 1. The van der Waals surface area contributed by atoms with E-state index in [0.29, 0.717) is 23.4 Å². The number of benzene rings is 1. The van der Waals surface area contributed by atoms with Crippen LogP contribution >= 0.6 is 0 Å². The molecule has 0 unspecified atom stereocenters. The highest BCUT2D eigenvalue weighted by atomic mass is 16.5. The fraction of sp³-hybridized carbons (Fsp3) is 0.300. The molecule has 142 valence electrons. The molecule has 2 aromatic rings. The van der Waals surface area contributed by atoms with Gasteiger partial charge < -0.3 is 15.0 Å². The molecule has 27 heavy (non-hydrogen) atoms. The number of carbonyl (C=O) groups is 3. The molecule has 0 bridgehead atoms. The van der Waals surface area contributed by atoms with Gasteiger partial charge >= 0.3 is 5.97 Å². The number of ether oxygens (including phenoxy) is 1. The first-order valence-corrected chi connectivity index (χ1v) is 8.66. The SMILES string of the molecule is CCCCN(C)C(=O)c1cncc(C(=O)Nc2ccc(C(=O)OC)cc2)c1. The summed E-state index contributed by atoms with van der Waals surface area (Å²) in [4.78, 5) is 41.9. The molecule has 0 saturated carbocycles. The van der Waals surface area contributed by atoms with Crippen molar-refractivity contribution in [1.29, 1.82) is 0 Å². The first kappa shape index (κ1) is 20.1. The molecular weight excluding hydrogens is 346 g/mol. The van der Waals surface area contributed by atoms with Crippen LogP contribution in [-0.2, 0) is 4.74 Å². The number of hydrogen-bond donors (Lipinski definition) is 1. The van der Waals surface area contributed by atoms with Gasteiger partial charge in [0, 0.05) is 31.7 Å². The number of rotatable bonds is 7. The number of hydrogen-bond acceptors (Lipinski definition) is 5. The number of anilines is 1. The van der Waals surface area contributed by atoms with E-state index in [2.05, 4.69) is 22.0 Å². The smallest absolute Gasteiger partial charge is 0.337 e. The lowest BCUT2D eigenvalue weighted by molar-refractivity contribution is 0.0600. The summed E-state index contributed by atoms with van der Waals surface area (Å²) in [7, 11) is 3.03. The van der Waals surface area contributed by atoms with Crippen LogP contribution < -0.4 is 5.32 Å². The molecule has 7 nitrogen and oxygen atoms in total. The zero-order chi connectivity index (χ0) is 19.8. The van der Waals surface area contributed by atoms with Crippen LogP contribution in [0.1, 0.15) is 50.8 Å². The van der Waals surface area contributed by atoms with Crippen molar-refractivity contribution in [2.45, 2.75) is 19.8 Å². The van der Waals surface area contributed by atoms with Gasteiger partial charge in [0.25, 0.3) is 11.8 Å². The third-order valence-electron chi connectivity index (χ3n) is 4.01. The maximum atomic E-state index is 12.4. The Labute approximate surface area is 158 Å². The normalized spacial score (nSPS) is 10.2. The number of carbonyl (C=O) groups excluding carboxylic acids is 3. The molecule has 1 aromatic carbocycles. The lowest BCUT2D eigenvalue weighted by Gasteiger charge is -2.16. The van der Waals surface area contributed by atoms with E-state index in [1.165, 1.54) is 25.6 Å². The molecule has 7 heteroatoms. The van der Waals surface area contributed by atoms with Gasteiger partial charge in [-0.1, -0.05) is 13.3 Å². The van der Waals surface area contributed by atoms with Gasteiger partial charge in [0.05, 0.1) is 23.8 Å². The van der Waals surface area contributed by atoms with Crippen molar-refractivity contribution in [1.82, 2.24) is 9.88 Å². The third kappa shape index (κ3) is 5.37. The molecule has 2 rings (SSSR count). The van der Waals surface area contributed by atoms with Crippen LogP contribution in [0.25, 0.3) is 0 Å². The summed E-state index contributed by atoms with van der Waals surface area (Å²) in [6, 6.07) is 7.84. The minimum Gasteiger partial charge on any atom is -0.465 e. The van der Waals surface area contributed by atoms with E-state index in [-0.39, 0.29) is 17.4 Å². The number of pyridine rings is 1. The topological polar surface area (TPSA) is 88.6 Å². The standard InChI is InChI=1S/C20H23N3O4/c1-4-5-10-23(2)19(25)16-11-15(12-21-13-16)18(24)22-17-8-6-14(7-9-17)20(26)27-3/h6-9,11-13H,4-5,10H2,1-3H3,(H,22,24). The van der Waals surface area contributed by atoms with Gasteiger partial charge in [0.1, 0.15) is 0 Å². The number of aromatic nitrogens is 1. The molecule has 0 saturated heterocycles. The Bertz CT molecular complexity index is 818. The fourth-order valence-electron chi connectivity index (χ4n) is 2.41. The minimum absolute atomic E-state index is 0.173. The van der Waals surface area contributed by atoms with Crippen molar-refractivity contribution in [2.75, 3.05) is 26.0 Å². The summed E-state index contributed by atoms with van der Waals surface area (Å²) in [6.45, 7) is 2.71. The van der Waals surface area contributed by atoms with E-state index < -0.39 is 5.97 Å². The maximum Gasteiger partial charge on any atom is 0.337 e. The Balaban J connectivity index is 2.08. The van der Waals surface area contributed by atoms with E-state index in [0.717, 1.165) is 12.8 Å². The number of unbranched alkanes of at least 4 members (excludes halogenated alkanes) is 1. The number of nitrogens with zero attached hydrogens (tertiary/aromatic N) is 2. The number of methoxy groups -OCH3 is 1. The second kappa shape index (κ2) is 9.47. The molecule has 1 N–H and O–H groups in total. The van der Waals surface area contributed by atoms with Crippen molar-refractivity contribution in [3.05, 3.63) is 59.4 Å². The molecule has 0 spiro atoms. The predicted molar refractivity (Wildman–Crippen MR) is 102 cm³/mol. The first-order valence-electron chi connectivity index (χ1n) is 8.66. The summed E-state index contributed by atoms with van der Waals surface area (Å²) >= 11 is 0. The predicted octanol–water partition coefficient (Wildman–Crippen LogP) is 2.99. The quantitative estimate of drug-likeness (QED) is 0.758. The van der Waals surface area contributed by atoms with Crippen LogP contribution in [0.15, 0.2) is 42.7 Å². The van der Waals surface area contributed by atoms with Crippen molar-refractivity contribution in [3.8, 4) is 0 Å². The average Bonchev–Trinajstić information content (AvgIpc) is 2.71. The minimum atomic E-state index is -0.449. The molecular formula is C20H23N3O4. The van der Waals surface area contributed by atoms with Crippen LogP contribution in [0.4, 0.5) is 5.69 Å². The van der Waals surface area contributed by atoms with Crippen molar-refractivity contribution in [3.63, 3.8) is 0 Å². The Kier molecular flexibility index (Phi) is 7.05. The summed E-state index contributed by atoms with van der Waals surface area (Å²) in [5.74, 6) is -1.01. The van der Waals surface area contributed by atoms with Gasteiger partial charge in [0.2, 0.25) is 0 Å². The molecule has 1 aromatic heterocycles. The van der Waals surface area contributed by atoms with E-state index >= 15 is 0 Å². The maximum absolute atomic E-state index is 12.4. The number of esters is 1. The highest BCUT2D eigenvalue weighted by Gasteiger charge is 2.15. The summed E-state index contributed by atoms with van der Waals surface area (Å²) < 4.78 is 4.64. The summed E-state index contributed by atoms with van der Waals surface area (Å²) in [5, 5.41) is 2.72. The van der Waals surface area contributed by atoms with Gasteiger partial charge in [0.15, 0.2) is 0 Å². The molecule has 1 heterocycles.